The number of anilines is 1. The highest BCUT2D eigenvalue weighted by Crippen LogP contribution is 2.44. The van der Waals surface area contributed by atoms with Crippen molar-refractivity contribution in [3.63, 3.8) is 0 Å². The zero-order valence-electron chi connectivity index (χ0n) is 21.7. The third-order valence-corrected chi connectivity index (χ3v) is 7.49. The molecule has 3 aliphatic heterocycles. The lowest BCUT2D eigenvalue weighted by atomic mass is 9.82. The Bertz CT molecular complexity index is 1680. The van der Waals surface area contributed by atoms with Gasteiger partial charge in [0.25, 0.3) is 5.92 Å². The molecule has 39 heavy (non-hydrogen) atoms. The first kappa shape index (κ1) is 25.4. The molecule has 0 radical (unpaired) electrons. The van der Waals surface area contributed by atoms with Crippen LogP contribution in [0.25, 0.3) is 33.4 Å². The van der Waals surface area contributed by atoms with Crippen molar-refractivity contribution in [2.24, 2.45) is 0 Å². The second-order valence-corrected chi connectivity index (χ2v) is 11.6. The molecule has 0 aromatic heterocycles. The first-order valence-corrected chi connectivity index (χ1v) is 12.7. The van der Waals surface area contributed by atoms with Crippen LogP contribution in [0.2, 0.25) is 0 Å². The van der Waals surface area contributed by atoms with E-state index in [9.17, 15) is 27.5 Å². The first-order chi connectivity index (χ1) is 18.2. The molecule has 0 amide bonds. The number of benzene rings is 3. The molecule has 0 spiro atoms. The van der Waals surface area contributed by atoms with Gasteiger partial charge in [0.2, 0.25) is 18.4 Å². The third kappa shape index (κ3) is 4.43. The summed E-state index contributed by atoms with van der Waals surface area (Å²) < 4.78 is 62.1. The van der Waals surface area contributed by atoms with Gasteiger partial charge in [0.1, 0.15) is 11.3 Å². The number of carboxylic acid groups (broad SMARTS) is 1. The monoisotopic (exact) mass is 539 g/mol. The maximum Gasteiger partial charge on any atom is 0.361 e. The Labute approximate surface area is 221 Å². The largest absolute Gasteiger partial charge is 0.478 e. The highest BCUT2D eigenvalue weighted by atomic mass is 19.3. The van der Waals surface area contributed by atoms with Gasteiger partial charge in [0.15, 0.2) is 0 Å². The molecule has 5 nitrogen and oxygen atoms in total. The van der Waals surface area contributed by atoms with Gasteiger partial charge in [0.05, 0.1) is 24.7 Å². The maximum atomic E-state index is 13.6. The number of alkyl halides is 4. The van der Waals surface area contributed by atoms with Crippen LogP contribution < -0.4 is 14.8 Å². The molecule has 1 aliphatic carbocycles. The van der Waals surface area contributed by atoms with Crippen LogP contribution in [0.15, 0.2) is 59.0 Å². The van der Waals surface area contributed by atoms with Crippen LogP contribution in [0.5, 0.6) is 0 Å². The van der Waals surface area contributed by atoms with Gasteiger partial charge in [-0.05, 0) is 46.9 Å². The van der Waals surface area contributed by atoms with Gasteiger partial charge >= 0.3 is 11.9 Å². The van der Waals surface area contributed by atoms with E-state index in [1.807, 2.05) is 26.8 Å². The van der Waals surface area contributed by atoms with E-state index in [1.54, 1.807) is 58.0 Å². The number of hydrogen-bond acceptors (Lipinski definition) is 3. The molecule has 9 heteroatoms. The molecule has 0 saturated carbocycles. The second kappa shape index (κ2) is 8.31. The predicted octanol–water partition coefficient (Wildman–Crippen LogP) is 6.08. The molecule has 202 valence electrons. The Morgan fingerprint density at radius 1 is 0.923 bits per heavy atom. The lowest BCUT2D eigenvalue weighted by Gasteiger charge is -2.40. The molecule has 6 rings (SSSR count). The van der Waals surface area contributed by atoms with Gasteiger partial charge in [-0.1, -0.05) is 26.8 Å². The van der Waals surface area contributed by atoms with E-state index in [0.29, 0.717) is 44.5 Å². The molecule has 1 N–H and O–H groups in total. The Kier molecular flexibility index (Phi) is 5.41. The third-order valence-electron chi connectivity index (χ3n) is 7.49. The molecule has 2 aromatic rings. The van der Waals surface area contributed by atoms with Crippen molar-refractivity contribution in [1.29, 1.82) is 0 Å². The van der Waals surface area contributed by atoms with Crippen LogP contribution >= 0.6 is 0 Å². The minimum Gasteiger partial charge on any atom is -0.478 e. The van der Waals surface area contributed by atoms with Crippen LogP contribution in [0, 0.1) is 0 Å². The highest BCUT2D eigenvalue weighted by molar-refractivity contribution is 6.08. The molecular weight excluding hydrogens is 512 g/mol. The Morgan fingerprint density at radius 2 is 1.64 bits per heavy atom. The standard InChI is InChI=1S/C30H26F4N2O3/c1-28(2,3)17-4-7-20(27(37)38)23(10-17)26-21-8-5-18(35-13-29(31,32)14-35)11-24(21)39-25-12-19(6-9-22(25)26)36-15-30(33,34)16-36/h4-12H,13-16H2,1-3H3/p+1. The summed E-state index contributed by atoms with van der Waals surface area (Å²) in [5, 5.41) is 11.3. The van der Waals surface area contributed by atoms with Crippen molar-refractivity contribution in [1.82, 2.24) is 4.58 Å². The summed E-state index contributed by atoms with van der Waals surface area (Å²) in [7, 11) is 0. The van der Waals surface area contributed by atoms with E-state index in [2.05, 4.69) is 0 Å². The van der Waals surface area contributed by atoms with Crippen LogP contribution in [0.3, 0.4) is 0 Å². The molecule has 2 fully saturated rings. The normalized spacial score (nSPS) is 18.2. The lowest BCUT2D eigenvalue weighted by Crippen LogP contribution is -2.57. The quantitative estimate of drug-likeness (QED) is 0.195. The van der Waals surface area contributed by atoms with Gasteiger partial charge in [-0.15, -0.1) is 0 Å². The minimum absolute atomic E-state index is 0.106. The summed E-state index contributed by atoms with van der Waals surface area (Å²) in [5.74, 6) is -6.21. The molecule has 0 bridgehead atoms. The van der Waals surface area contributed by atoms with Gasteiger partial charge in [-0.2, -0.15) is 8.78 Å². The fourth-order valence-electron chi connectivity index (χ4n) is 5.34. The molecule has 0 unspecified atom stereocenters. The van der Waals surface area contributed by atoms with Crippen LogP contribution in [-0.4, -0.2) is 49.1 Å². The van der Waals surface area contributed by atoms with Gasteiger partial charge in [0, 0.05) is 34.3 Å². The number of halogens is 4. The number of aromatic carboxylic acids is 1. The number of nitrogens with zero attached hydrogens (tertiary/aromatic N) is 2. The lowest BCUT2D eigenvalue weighted by molar-refractivity contribution is -0.0644. The fraction of sp³-hybridized carbons (Fsp3) is 0.333. The average Bonchev–Trinajstić information content (AvgIpc) is 2.82. The van der Waals surface area contributed by atoms with Crippen molar-refractivity contribution in [2.75, 3.05) is 31.1 Å². The van der Waals surface area contributed by atoms with E-state index >= 15 is 0 Å². The zero-order valence-corrected chi connectivity index (χ0v) is 21.7. The number of fused-ring (bicyclic) bond motifs is 2. The maximum absolute atomic E-state index is 13.6. The van der Waals surface area contributed by atoms with Crippen molar-refractivity contribution in [3.8, 4) is 22.5 Å². The van der Waals surface area contributed by atoms with Gasteiger partial charge < -0.3 is 14.4 Å². The van der Waals surface area contributed by atoms with Crippen molar-refractivity contribution < 1.29 is 31.9 Å². The van der Waals surface area contributed by atoms with Crippen molar-refractivity contribution in [3.05, 3.63) is 71.1 Å². The average molecular weight is 540 g/mol. The van der Waals surface area contributed by atoms with Gasteiger partial charge in [-0.25, -0.2) is 18.2 Å². The number of carboxylic acids is 1. The molecule has 2 aromatic carbocycles. The molecule has 0 atom stereocenters. The van der Waals surface area contributed by atoms with E-state index in [1.165, 1.54) is 0 Å². The van der Waals surface area contributed by atoms with E-state index in [4.69, 9.17) is 4.42 Å². The number of hydrogen-bond donors (Lipinski definition) is 1. The smallest absolute Gasteiger partial charge is 0.361 e. The summed E-state index contributed by atoms with van der Waals surface area (Å²) in [6.45, 7) is 4.51. The molecule has 2 saturated heterocycles. The van der Waals surface area contributed by atoms with E-state index in [-0.39, 0.29) is 11.0 Å². The van der Waals surface area contributed by atoms with Crippen LogP contribution in [0.4, 0.5) is 23.2 Å². The summed E-state index contributed by atoms with van der Waals surface area (Å²) in [5.41, 5.74) is 3.45. The topological polar surface area (TPSA) is 56.7 Å². The molecular formula is C30H27F4N2O3+. The Hall–Kier alpha value is -3.88. The van der Waals surface area contributed by atoms with Crippen LogP contribution in [0.1, 0.15) is 36.7 Å². The second-order valence-electron chi connectivity index (χ2n) is 11.6. The predicted molar refractivity (Wildman–Crippen MR) is 141 cm³/mol. The van der Waals surface area contributed by atoms with Gasteiger partial charge in [-0.3, -0.25) is 0 Å². The summed E-state index contributed by atoms with van der Waals surface area (Å²) in [4.78, 5) is 13.9. The van der Waals surface area contributed by atoms with Crippen molar-refractivity contribution in [2.45, 2.75) is 38.0 Å². The minimum atomic E-state index is -2.75. The van der Waals surface area contributed by atoms with E-state index < -0.39 is 44.0 Å². The Morgan fingerprint density at radius 3 is 2.26 bits per heavy atom. The number of carbonyl (C=O) groups is 1. The molecule has 3 heterocycles. The fourth-order valence-corrected chi connectivity index (χ4v) is 5.34. The van der Waals surface area contributed by atoms with Crippen molar-refractivity contribution >= 4 is 22.6 Å². The Balaban J connectivity index is 1.64. The summed E-state index contributed by atoms with van der Waals surface area (Å²) >= 11 is 0. The van der Waals surface area contributed by atoms with E-state index in [0.717, 1.165) is 5.56 Å². The number of rotatable bonds is 3. The molecule has 4 aliphatic rings. The first-order valence-electron chi connectivity index (χ1n) is 12.7. The SMILES string of the molecule is CC(C)(C)c1ccc(C(=O)O)c(-c2c3ccc(=[N+]4CC(F)(F)C4)cc-3oc3cc(N4CC(F)(F)C4)ccc23)c1. The highest BCUT2D eigenvalue weighted by Gasteiger charge is 2.50. The summed E-state index contributed by atoms with van der Waals surface area (Å²) in [6, 6.07) is 15.6. The summed E-state index contributed by atoms with van der Waals surface area (Å²) in [6.07, 6.45) is 0. The zero-order chi connectivity index (χ0) is 27.9. The van der Waals surface area contributed by atoms with Crippen LogP contribution in [-0.2, 0) is 5.41 Å².